The number of carbonyl (C=O) groups is 1. The second-order valence-electron chi connectivity index (χ2n) is 8.70. The van der Waals surface area contributed by atoms with Gasteiger partial charge in [-0.2, -0.15) is 0 Å². The molecular formula is C28H27Br2N3O4S. The number of hydrogen-bond donors (Lipinski definition) is 0. The lowest BCUT2D eigenvalue weighted by Gasteiger charge is -2.25. The number of benzene rings is 2. The Morgan fingerprint density at radius 1 is 1.21 bits per heavy atom. The van der Waals surface area contributed by atoms with Gasteiger partial charge in [-0.25, -0.2) is 9.79 Å². The van der Waals surface area contributed by atoms with Crippen molar-refractivity contribution in [2.24, 2.45) is 4.99 Å². The number of ether oxygens (including phenoxy) is 2. The van der Waals surface area contributed by atoms with E-state index in [1.54, 1.807) is 24.5 Å². The van der Waals surface area contributed by atoms with E-state index in [2.05, 4.69) is 43.4 Å². The third kappa shape index (κ3) is 5.57. The average molecular weight is 661 g/mol. The summed E-state index contributed by atoms with van der Waals surface area (Å²) in [4.78, 5) is 34.1. The Kier molecular flexibility index (Phi) is 8.74. The van der Waals surface area contributed by atoms with E-state index in [0.29, 0.717) is 33.0 Å². The number of aromatic nitrogens is 1. The number of carbonyl (C=O) groups excluding carboxylic acids is 1. The van der Waals surface area contributed by atoms with Crippen LogP contribution in [0.2, 0.25) is 0 Å². The summed E-state index contributed by atoms with van der Waals surface area (Å²) in [6.07, 6.45) is 3.48. The second-order valence-corrected chi connectivity index (χ2v) is 11.4. The summed E-state index contributed by atoms with van der Waals surface area (Å²) in [6.45, 7) is 7.81. The van der Waals surface area contributed by atoms with Crippen LogP contribution in [0.5, 0.6) is 5.75 Å². The van der Waals surface area contributed by atoms with Crippen molar-refractivity contribution in [3.8, 4) is 5.75 Å². The van der Waals surface area contributed by atoms with Crippen LogP contribution in [-0.4, -0.2) is 37.8 Å². The van der Waals surface area contributed by atoms with E-state index in [1.165, 1.54) is 11.3 Å². The first-order valence-electron chi connectivity index (χ1n) is 11.9. The van der Waals surface area contributed by atoms with Crippen molar-refractivity contribution < 1.29 is 14.3 Å². The first kappa shape index (κ1) is 28.1. The fraction of sp³-hybridized carbons (Fsp3) is 0.250. The van der Waals surface area contributed by atoms with Gasteiger partial charge >= 0.3 is 5.97 Å². The molecule has 1 aliphatic heterocycles. The summed E-state index contributed by atoms with van der Waals surface area (Å²) in [6, 6.07) is 10.9. The van der Waals surface area contributed by atoms with Gasteiger partial charge in [0.15, 0.2) is 4.80 Å². The molecular weight excluding hydrogens is 634 g/mol. The highest BCUT2D eigenvalue weighted by molar-refractivity contribution is 9.11. The highest BCUT2D eigenvalue weighted by Gasteiger charge is 2.33. The third-order valence-corrected chi connectivity index (χ3v) is 8.07. The number of nitrogens with zero attached hydrogens (tertiary/aromatic N) is 3. The number of allylic oxidation sites excluding steroid dienone is 1. The maximum absolute atomic E-state index is 13.8. The number of anilines is 1. The zero-order valence-electron chi connectivity index (χ0n) is 21.5. The van der Waals surface area contributed by atoms with Gasteiger partial charge in [0.1, 0.15) is 12.4 Å². The summed E-state index contributed by atoms with van der Waals surface area (Å²) < 4.78 is 14.7. The van der Waals surface area contributed by atoms with Crippen LogP contribution >= 0.6 is 43.2 Å². The highest BCUT2D eigenvalue weighted by atomic mass is 79.9. The SMILES string of the molecule is C=CCOc1c(Br)cc(/C=c2\sc3n(c2=O)C(c2ccc(N(C)C)cc2)C(C(=O)OCC)=C(C)N=3)cc1Br. The van der Waals surface area contributed by atoms with Crippen molar-refractivity contribution >= 4 is 60.9 Å². The molecule has 4 rings (SSSR count). The van der Waals surface area contributed by atoms with Crippen LogP contribution in [0, 0.1) is 0 Å². The summed E-state index contributed by atoms with van der Waals surface area (Å²) in [5, 5.41) is 0. The van der Waals surface area contributed by atoms with Crippen LogP contribution in [0.25, 0.3) is 6.08 Å². The van der Waals surface area contributed by atoms with E-state index in [4.69, 9.17) is 9.47 Å². The van der Waals surface area contributed by atoms with Gasteiger partial charge in [-0.1, -0.05) is 36.1 Å². The third-order valence-electron chi connectivity index (χ3n) is 5.91. The van der Waals surface area contributed by atoms with Crippen LogP contribution in [-0.2, 0) is 9.53 Å². The van der Waals surface area contributed by atoms with Gasteiger partial charge in [-0.05, 0) is 87.2 Å². The molecule has 0 spiro atoms. The number of fused-ring (bicyclic) bond motifs is 1. The lowest BCUT2D eigenvalue weighted by atomic mass is 9.95. The first-order valence-corrected chi connectivity index (χ1v) is 14.3. The molecule has 0 radical (unpaired) electrons. The molecule has 1 atom stereocenters. The van der Waals surface area contributed by atoms with Crippen molar-refractivity contribution in [1.29, 1.82) is 0 Å². The van der Waals surface area contributed by atoms with E-state index in [-0.39, 0.29) is 12.2 Å². The minimum atomic E-state index is -0.656. The van der Waals surface area contributed by atoms with Crippen molar-refractivity contribution in [2.75, 3.05) is 32.2 Å². The van der Waals surface area contributed by atoms with Crippen LogP contribution in [0.4, 0.5) is 5.69 Å². The molecule has 2 aromatic carbocycles. The van der Waals surface area contributed by atoms with Crippen LogP contribution < -0.4 is 24.5 Å². The molecule has 0 amide bonds. The van der Waals surface area contributed by atoms with Gasteiger partial charge in [-0.15, -0.1) is 0 Å². The number of halogens is 2. The molecule has 1 aliphatic rings. The Bertz CT molecular complexity index is 1580. The lowest BCUT2D eigenvalue weighted by molar-refractivity contribution is -0.139. The summed E-state index contributed by atoms with van der Waals surface area (Å²) in [5.41, 5.74) is 3.27. The summed E-state index contributed by atoms with van der Waals surface area (Å²) >= 11 is 8.38. The van der Waals surface area contributed by atoms with Gasteiger partial charge in [0.2, 0.25) is 0 Å². The zero-order chi connectivity index (χ0) is 27.6. The second kappa shape index (κ2) is 11.8. The molecule has 1 unspecified atom stereocenters. The van der Waals surface area contributed by atoms with Gasteiger partial charge in [0, 0.05) is 19.8 Å². The molecule has 2 heterocycles. The first-order chi connectivity index (χ1) is 18.2. The maximum Gasteiger partial charge on any atom is 0.338 e. The van der Waals surface area contributed by atoms with Crippen molar-refractivity contribution in [1.82, 2.24) is 4.57 Å². The van der Waals surface area contributed by atoms with Gasteiger partial charge in [-0.3, -0.25) is 9.36 Å². The van der Waals surface area contributed by atoms with Crippen LogP contribution in [0.1, 0.15) is 31.0 Å². The van der Waals surface area contributed by atoms with Crippen molar-refractivity contribution in [3.05, 3.63) is 100 Å². The molecule has 198 valence electrons. The fourth-order valence-electron chi connectivity index (χ4n) is 4.16. The van der Waals surface area contributed by atoms with Crippen molar-refractivity contribution in [3.63, 3.8) is 0 Å². The molecule has 0 fully saturated rings. The summed E-state index contributed by atoms with van der Waals surface area (Å²) in [5.74, 6) is 0.173. The van der Waals surface area contributed by atoms with E-state index >= 15 is 0 Å². The van der Waals surface area contributed by atoms with Gasteiger partial charge < -0.3 is 14.4 Å². The molecule has 0 aliphatic carbocycles. The molecule has 0 saturated heterocycles. The maximum atomic E-state index is 13.8. The van der Waals surface area contributed by atoms with E-state index in [9.17, 15) is 9.59 Å². The fourth-order valence-corrected chi connectivity index (χ4v) is 6.65. The Labute approximate surface area is 241 Å². The molecule has 0 N–H and O–H groups in total. The predicted molar refractivity (Wildman–Crippen MR) is 159 cm³/mol. The minimum absolute atomic E-state index is 0.225. The number of hydrogen-bond acceptors (Lipinski definition) is 7. The van der Waals surface area contributed by atoms with Gasteiger partial charge in [0.05, 0.1) is 37.4 Å². The monoisotopic (exact) mass is 659 g/mol. The largest absolute Gasteiger partial charge is 0.487 e. The predicted octanol–water partition coefficient (Wildman–Crippen LogP) is 4.95. The standard InChI is InChI=1S/C28H27Br2N3O4S/c1-6-12-37-25-20(29)13-17(14-21(25)30)15-22-26(34)33-24(18-8-10-19(11-9-18)32(4)5)23(27(35)36-7-2)16(3)31-28(33)38-22/h6,8-11,13-15,24H,1,7,12H2,2-5H3/b22-15-. The quantitative estimate of drug-likeness (QED) is 0.253. The van der Waals surface area contributed by atoms with Crippen LogP contribution in [0.15, 0.2) is 79.1 Å². The molecule has 0 bridgehead atoms. The van der Waals surface area contributed by atoms with Crippen LogP contribution in [0.3, 0.4) is 0 Å². The molecule has 1 aromatic heterocycles. The Hall–Kier alpha value is -2.95. The average Bonchev–Trinajstić information content (AvgIpc) is 3.17. The molecule has 0 saturated carbocycles. The Morgan fingerprint density at radius 2 is 1.87 bits per heavy atom. The Balaban J connectivity index is 1.88. The normalized spacial score (nSPS) is 15.1. The lowest BCUT2D eigenvalue weighted by Crippen LogP contribution is -2.39. The minimum Gasteiger partial charge on any atom is -0.487 e. The topological polar surface area (TPSA) is 73.1 Å². The number of thiazole rings is 1. The molecule has 3 aromatic rings. The molecule has 38 heavy (non-hydrogen) atoms. The zero-order valence-corrected chi connectivity index (χ0v) is 25.4. The number of esters is 1. The van der Waals surface area contributed by atoms with E-state index < -0.39 is 12.0 Å². The van der Waals surface area contributed by atoms with Gasteiger partial charge in [0.25, 0.3) is 5.56 Å². The van der Waals surface area contributed by atoms with Crippen molar-refractivity contribution in [2.45, 2.75) is 19.9 Å². The van der Waals surface area contributed by atoms with E-state index in [1.807, 2.05) is 61.5 Å². The Morgan fingerprint density at radius 3 is 2.45 bits per heavy atom. The smallest absolute Gasteiger partial charge is 0.338 e. The molecule has 10 heteroatoms. The van der Waals surface area contributed by atoms with E-state index in [0.717, 1.165) is 25.8 Å². The number of rotatable bonds is 8. The summed E-state index contributed by atoms with van der Waals surface area (Å²) in [7, 11) is 3.92. The highest BCUT2D eigenvalue weighted by Crippen LogP contribution is 2.35. The molecule has 7 nitrogen and oxygen atoms in total.